The van der Waals surface area contributed by atoms with Gasteiger partial charge >= 0.3 is 11.9 Å². The second kappa shape index (κ2) is 9.69. The lowest BCUT2D eigenvalue weighted by molar-refractivity contribution is -0.160. The van der Waals surface area contributed by atoms with E-state index in [0.717, 1.165) is 23.5 Å². The number of esters is 2. The first-order valence-corrected chi connectivity index (χ1v) is 13.4. The number of hydrogen-bond acceptors (Lipinski definition) is 10. The highest BCUT2D eigenvalue weighted by atomic mass is 35.5. The number of anilines is 2. The van der Waals surface area contributed by atoms with Crippen LogP contribution in [0.3, 0.4) is 0 Å². The van der Waals surface area contributed by atoms with Crippen molar-refractivity contribution in [1.29, 1.82) is 0 Å². The summed E-state index contributed by atoms with van der Waals surface area (Å²) in [7, 11) is 0. The number of carbonyl (C=O) groups excluding carboxylic acids is 2. The Hall–Kier alpha value is -2.34. The Kier molecular flexibility index (Phi) is 6.61. The standard InChI is InChI=1S/C24H22Cl4N6O4/c25-15-3-13(5-31-21(15)27)33-11-23(9-29-7-17(23)33)37-19(35)1-2-20(36)38-24-10-30-8-18(24)34(12-24)14-4-16(26)22(28)32-6-14/h1-6,17-18,29-30H,7-12H2/b2-1+/t17-,18-,23-,24-/m1/s1. The summed E-state index contributed by atoms with van der Waals surface area (Å²) in [5, 5.41) is 7.70. The maximum absolute atomic E-state index is 12.7. The predicted octanol–water partition coefficient (Wildman–Crippen LogP) is 2.49. The van der Waals surface area contributed by atoms with Gasteiger partial charge in [0.25, 0.3) is 0 Å². The van der Waals surface area contributed by atoms with E-state index in [1.165, 1.54) is 0 Å². The third-order valence-electron chi connectivity index (χ3n) is 7.56. The molecule has 0 aliphatic carbocycles. The maximum Gasteiger partial charge on any atom is 0.331 e. The molecule has 0 unspecified atom stereocenters. The van der Waals surface area contributed by atoms with Crippen LogP contribution in [0, 0.1) is 0 Å². The third-order valence-corrected chi connectivity index (χ3v) is 8.93. The Morgan fingerprint density at radius 2 is 1.24 bits per heavy atom. The van der Waals surface area contributed by atoms with E-state index >= 15 is 0 Å². The summed E-state index contributed by atoms with van der Waals surface area (Å²) in [5.41, 5.74) is 0.172. The highest BCUT2D eigenvalue weighted by Gasteiger charge is 2.60. The van der Waals surface area contributed by atoms with Crippen molar-refractivity contribution >= 4 is 69.7 Å². The molecule has 6 heterocycles. The van der Waals surface area contributed by atoms with Crippen molar-refractivity contribution in [1.82, 2.24) is 20.6 Å². The van der Waals surface area contributed by atoms with E-state index in [4.69, 9.17) is 55.9 Å². The van der Waals surface area contributed by atoms with E-state index in [9.17, 15) is 9.59 Å². The van der Waals surface area contributed by atoms with E-state index in [2.05, 4.69) is 30.4 Å². The average Bonchev–Trinajstić information content (AvgIpc) is 3.34. The number of aromatic nitrogens is 2. The van der Waals surface area contributed by atoms with E-state index in [1.807, 2.05) is 0 Å². The van der Waals surface area contributed by atoms with Crippen molar-refractivity contribution in [2.24, 2.45) is 0 Å². The normalized spacial score (nSPS) is 29.5. The van der Waals surface area contributed by atoms with Crippen molar-refractivity contribution in [2.75, 3.05) is 49.1 Å². The largest absolute Gasteiger partial charge is 0.450 e. The van der Waals surface area contributed by atoms with Gasteiger partial charge in [-0.3, -0.25) is 0 Å². The minimum atomic E-state index is -0.709. The van der Waals surface area contributed by atoms with Crippen LogP contribution in [0.4, 0.5) is 11.4 Å². The van der Waals surface area contributed by atoms with E-state index in [-0.39, 0.29) is 22.4 Å². The number of fused-ring (bicyclic) bond motifs is 2. The molecule has 38 heavy (non-hydrogen) atoms. The fourth-order valence-corrected chi connectivity index (χ4v) is 6.22. The number of pyridine rings is 2. The number of carbonyl (C=O) groups is 2. The quantitative estimate of drug-likeness (QED) is 0.292. The van der Waals surface area contributed by atoms with Crippen LogP contribution in [0.25, 0.3) is 0 Å². The highest BCUT2D eigenvalue weighted by Crippen LogP contribution is 2.42. The second-order valence-electron chi connectivity index (χ2n) is 9.79. The summed E-state index contributed by atoms with van der Waals surface area (Å²) in [6.45, 7) is 3.18. The molecule has 200 valence electrons. The van der Waals surface area contributed by atoms with Crippen LogP contribution in [0.5, 0.6) is 0 Å². The van der Waals surface area contributed by atoms with Crippen molar-refractivity contribution < 1.29 is 19.1 Å². The van der Waals surface area contributed by atoms with Gasteiger partial charge in [0.15, 0.2) is 11.2 Å². The van der Waals surface area contributed by atoms with Crippen LogP contribution < -0.4 is 20.4 Å². The van der Waals surface area contributed by atoms with Gasteiger partial charge in [0.05, 0.1) is 59.0 Å². The Balaban J connectivity index is 1.05. The molecule has 4 fully saturated rings. The lowest BCUT2D eigenvalue weighted by Crippen LogP contribution is -2.71. The van der Waals surface area contributed by atoms with Gasteiger partial charge < -0.3 is 29.9 Å². The van der Waals surface area contributed by atoms with Crippen molar-refractivity contribution in [3.63, 3.8) is 0 Å². The molecule has 0 aromatic carbocycles. The van der Waals surface area contributed by atoms with Gasteiger partial charge in [-0.25, -0.2) is 19.6 Å². The van der Waals surface area contributed by atoms with Crippen LogP contribution in [0.1, 0.15) is 0 Å². The number of halogens is 4. The predicted molar refractivity (Wildman–Crippen MR) is 143 cm³/mol. The third kappa shape index (κ3) is 4.37. The zero-order valence-electron chi connectivity index (χ0n) is 19.8. The zero-order valence-corrected chi connectivity index (χ0v) is 22.8. The summed E-state index contributed by atoms with van der Waals surface area (Å²) in [4.78, 5) is 37.6. The fourth-order valence-electron chi connectivity index (χ4n) is 5.69. The number of rotatable bonds is 6. The molecule has 2 aromatic rings. The number of nitrogens with one attached hydrogen (secondary N) is 2. The van der Waals surface area contributed by atoms with Crippen LogP contribution >= 0.6 is 46.4 Å². The molecule has 0 saturated carbocycles. The first-order valence-electron chi connectivity index (χ1n) is 11.9. The van der Waals surface area contributed by atoms with E-state index < -0.39 is 23.1 Å². The summed E-state index contributed by atoms with van der Waals surface area (Å²) in [6, 6.07) is 3.29. The number of nitrogens with zero attached hydrogens (tertiary/aromatic N) is 4. The minimum absolute atomic E-state index is 0.0909. The Labute approximate surface area is 238 Å². The first-order chi connectivity index (χ1) is 18.2. The van der Waals surface area contributed by atoms with E-state index in [0.29, 0.717) is 49.3 Å². The van der Waals surface area contributed by atoms with E-state index in [1.54, 1.807) is 24.5 Å². The summed E-state index contributed by atoms with van der Waals surface area (Å²) in [5.74, 6) is -1.23. The van der Waals surface area contributed by atoms with Crippen LogP contribution in [0.15, 0.2) is 36.7 Å². The topological polar surface area (TPSA) is 109 Å². The van der Waals surface area contributed by atoms with Gasteiger partial charge in [-0.2, -0.15) is 0 Å². The van der Waals surface area contributed by atoms with Crippen LogP contribution in [-0.4, -0.2) is 84.5 Å². The molecule has 0 radical (unpaired) electrons. The van der Waals surface area contributed by atoms with Crippen LogP contribution in [-0.2, 0) is 19.1 Å². The molecule has 0 spiro atoms. The Bertz CT molecular complexity index is 1250. The molecule has 4 aliphatic rings. The fraction of sp³-hybridized carbons (Fsp3) is 0.417. The smallest absolute Gasteiger partial charge is 0.331 e. The second-order valence-corrected chi connectivity index (χ2v) is 11.3. The lowest BCUT2D eigenvalue weighted by Gasteiger charge is -2.53. The molecule has 2 aromatic heterocycles. The molecule has 14 heteroatoms. The van der Waals surface area contributed by atoms with Crippen LogP contribution in [0.2, 0.25) is 20.4 Å². The van der Waals surface area contributed by atoms with Crippen molar-refractivity contribution in [3.8, 4) is 0 Å². The lowest BCUT2D eigenvalue weighted by atomic mass is 9.85. The minimum Gasteiger partial charge on any atom is -0.450 e. The average molecular weight is 600 g/mol. The molecule has 4 aliphatic heterocycles. The monoisotopic (exact) mass is 598 g/mol. The summed E-state index contributed by atoms with van der Waals surface area (Å²) < 4.78 is 11.6. The first kappa shape index (κ1) is 25.9. The SMILES string of the molecule is O=C(/C=C/C(=O)O[C@@]12CNC[C@H]1N(c1cnc(Cl)c(Cl)c1)C2)O[C@@]12CNC[C@H]1N(c1cnc(Cl)c(Cl)c1)C2. The molecule has 0 bridgehead atoms. The molecular weight excluding hydrogens is 578 g/mol. The Morgan fingerprint density at radius 1 is 0.816 bits per heavy atom. The van der Waals surface area contributed by atoms with Crippen molar-refractivity contribution in [3.05, 3.63) is 57.0 Å². The van der Waals surface area contributed by atoms with Gasteiger partial charge in [0.1, 0.15) is 10.3 Å². The van der Waals surface area contributed by atoms with Gasteiger partial charge in [0, 0.05) is 38.3 Å². The zero-order chi connectivity index (χ0) is 26.7. The van der Waals surface area contributed by atoms with Gasteiger partial charge in [-0.15, -0.1) is 0 Å². The molecule has 0 amide bonds. The molecule has 6 rings (SSSR count). The molecule has 4 atom stereocenters. The number of hydrogen-bond donors (Lipinski definition) is 2. The highest BCUT2D eigenvalue weighted by molar-refractivity contribution is 6.41. The molecule has 10 nitrogen and oxygen atoms in total. The maximum atomic E-state index is 12.7. The van der Waals surface area contributed by atoms with Gasteiger partial charge in [0.2, 0.25) is 0 Å². The molecule has 4 saturated heterocycles. The molecule has 2 N–H and O–H groups in total. The summed E-state index contributed by atoms with van der Waals surface area (Å²) in [6.07, 6.45) is 5.50. The van der Waals surface area contributed by atoms with Gasteiger partial charge in [-0.1, -0.05) is 46.4 Å². The molecular formula is C24H22Cl4N6O4. The van der Waals surface area contributed by atoms with Crippen molar-refractivity contribution in [2.45, 2.75) is 23.3 Å². The summed E-state index contributed by atoms with van der Waals surface area (Å²) >= 11 is 24.1. The van der Waals surface area contributed by atoms with Gasteiger partial charge in [-0.05, 0) is 12.1 Å². The number of ether oxygens (including phenoxy) is 2. The Morgan fingerprint density at radius 3 is 1.63 bits per heavy atom.